The van der Waals surface area contributed by atoms with E-state index in [4.69, 9.17) is 4.74 Å². The van der Waals surface area contributed by atoms with E-state index < -0.39 is 6.09 Å². The van der Waals surface area contributed by atoms with E-state index in [-0.39, 0.29) is 25.0 Å². The first kappa shape index (κ1) is 18.5. The number of unbranched alkanes of at least 4 members (excludes halogenated alkanes) is 1. The van der Waals surface area contributed by atoms with Crippen molar-refractivity contribution < 1.29 is 19.1 Å². The smallest absolute Gasteiger partial charge is 0.407 e. The molecule has 7 nitrogen and oxygen atoms in total. The molecule has 0 aliphatic carbocycles. The lowest BCUT2D eigenvalue weighted by molar-refractivity contribution is -0.116. The van der Waals surface area contributed by atoms with Crippen LogP contribution in [0.4, 0.5) is 9.59 Å². The first-order valence-corrected chi connectivity index (χ1v) is 7.53. The Morgan fingerprint density at radius 1 is 0.957 bits per heavy atom. The summed E-state index contributed by atoms with van der Waals surface area (Å²) in [6.45, 7) is 2.63. The number of ether oxygens (including phenoxy) is 1. The molecular formula is C16H23N3O4. The largest absolute Gasteiger partial charge is 0.445 e. The molecule has 0 aliphatic rings. The van der Waals surface area contributed by atoms with E-state index >= 15 is 0 Å². The van der Waals surface area contributed by atoms with E-state index in [1.807, 2.05) is 30.3 Å². The molecule has 1 rings (SSSR count). The fourth-order valence-electron chi connectivity index (χ4n) is 1.68. The number of hydrogen-bond acceptors (Lipinski definition) is 4. The highest BCUT2D eigenvalue weighted by atomic mass is 16.5. The Bertz CT molecular complexity index is 505. The van der Waals surface area contributed by atoms with Crippen LogP contribution in [0.5, 0.6) is 0 Å². The summed E-state index contributed by atoms with van der Waals surface area (Å²) in [6.07, 6.45) is 0.973. The highest BCUT2D eigenvalue weighted by molar-refractivity contribution is 5.83. The normalized spacial score (nSPS) is 9.78. The first-order valence-electron chi connectivity index (χ1n) is 7.53. The van der Waals surface area contributed by atoms with Crippen molar-refractivity contribution in [1.82, 2.24) is 16.0 Å². The quantitative estimate of drug-likeness (QED) is 0.602. The fourth-order valence-corrected chi connectivity index (χ4v) is 1.68. The zero-order valence-corrected chi connectivity index (χ0v) is 13.3. The van der Waals surface area contributed by atoms with Crippen LogP contribution in [0.3, 0.4) is 0 Å². The molecule has 0 heterocycles. The van der Waals surface area contributed by atoms with Crippen LogP contribution < -0.4 is 16.0 Å². The fraction of sp³-hybridized carbons (Fsp3) is 0.438. The Balaban J connectivity index is 1.97. The van der Waals surface area contributed by atoms with Crippen LogP contribution in [-0.2, 0) is 16.1 Å². The second kappa shape index (κ2) is 11.1. The summed E-state index contributed by atoms with van der Waals surface area (Å²) in [5, 5.41) is 7.71. The minimum absolute atomic E-state index is 0.0284. The molecule has 0 saturated carbocycles. The van der Waals surface area contributed by atoms with Crippen LogP contribution in [0.15, 0.2) is 30.3 Å². The van der Waals surface area contributed by atoms with Gasteiger partial charge in [0.25, 0.3) is 0 Å². The molecular weight excluding hydrogens is 298 g/mol. The number of amides is 3. The topological polar surface area (TPSA) is 96.5 Å². The van der Waals surface area contributed by atoms with Crippen molar-refractivity contribution in [2.75, 3.05) is 19.6 Å². The maximum absolute atomic E-state index is 11.5. The number of rotatable bonds is 9. The van der Waals surface area contributed by atoms with E-state index in [1.165, 1.54) is 6.92 Å². The van der Waals surface area contributed by atoms with Gasteiger partial charge in [-0.1, -0.05) is 30.3 Å². The molecule has 7 heteroatoms. The molecule has 0 radical (unpaired) electrons. The third kappa shape index (κ3) is 9.89. The first-order chi connectivity index (χ1) is 11.1. The van der Waals surface area contributed by atoms with Crippen molar-refractivity contribution in [3.63, 3.8) is 0 Å². The second-order valence-corrected chi connectivity index (χ2v) is 5.01. The maximum Gasteiger partial charge on any atom is 0.407 e. The van der Waals surface area contributed by atoms with Gasteiger partial charge in [0.1, 0.15) is 12.4 Å². The molecule has 0 saturated heterocycles. The van der Waals surface area contributed by atoms with Crippen LogP contribution in [0.1, 0.15) is 25.3 Å². The predicted octanol–water partition coefficient (Wildman–Crippen LogP) is 1.58. The predicted molar refractivity (Wildman–Crippen MR) is 85.9 cm³/mol. The zero-order chi connectivity index (χ0) is 16.9. The third-order valence-corrected chi connectivity index (χ3v) is 2.87. The van der Waals surface area contributed by atoms with Gasteiger partial charge in [-0.3, -0.25) is 4.79 Å². The zero-order valence-electron chi connectivity index (χ0n) is 13.3. The van der Waals surface area contributed by atoms with Crippen molar-refractivity contribution in [1.29, 1.82) is 0 Å². The highest BCUT2D eigenvalue weighted by Crippen LogP contribution is 2.00. The number of alkyl carbamates (subject to hydrolysis) is 1. The van der Waals surface area contributed by atoms with Crippen molar-refractivity contribution in [2.24, 2.45) is 0 Å². The maximum atomic E-state index is 11.5. The molecule has 0 spiro atoms. The molecule has 1 aromatic rings. The summed E-state index contributed by atoms with van der Waals surface area (Å²) in [5.74, 6) is -0.0987. The van der Waals surface area contributed by atoms with E-state index in [0.29, 0.717) is 25.9 Å². The number of benzene rings is 1. The molecule has 0 aliphatic heterocycles. The van der Waals surface area contributed by atoms with Gasteiger partial charge in [0, 0.05) is 13.1 Å². The molecule has 1 aromatic carbocycles. The van der Waals surface area contributed by atoms with Crippen LogP contribution in [-0.4, -0.2) is 37.5 Å². The lowest BCUT2D eigenvalue weighted by Gasteiger charge is -2.08. The monoisotopic (exact) mass is 321 g/mol. The van der Waals surface area contributed by atoms with Crippen molar-refractivity contribution >= 4 is 17.9 Å². The molecule has 0 atom stereocenters. The number of Topliss-reactive ketones (excluding diaryl/α,β-unsaturated/α-hetero) is 1. The number of ketones is 1. The minimum Gasteiger partial charge on any atom is -0.445 e. The van der Waals surface area contributed by atoms with Crippen molar-refractivity contribution in [3.05, 3.63) is 35.9 Å². The van der Waals surface area contributed by atoms with Crippen LogP contribution in [0.2, 0.25) is 0 Å². The molecule has 3 amide bonds. The number of urea groups is 1. The molecule has 0 bridgehead atoms. The summed E-state index contributed by atoms with van der Waals surface area (Å²) in [6, 6.07) is 9.08. The summed E-state index contributed by atoms with van der Waals surface area (Å²) in [7, 11) is 0. The van der Waals surface area contributed by atoms with Gasteiger partial charge in [-0.15, -0.1) is 0 Å². The van der Waals surface area contributed by atoms with Gasteiger partial charge < -0.3 is 20.7 Å². The summed E-state index contributed by atoms with van der Waals surface area (Å²) in [4.78, 5) is 33.4. The highest BCUT2D eigenvalue weighted by Gasteiger charge is 2.02. The Kier molecular flexibility index (Phi) is 8.88. The lowest BCUT2D eigenvalue weighted by Crippen LogP contribution is -2.38. The number of nitrogens with one attached hydrogen (secondary N) is 3. The Morgan fingerprint density at radius 2 is 1.61 bits per heavy atom. The molecule has 126 valence electrons. The Labute approximate surface area is 135 Å². The number of carbonyl (C=O) groups is 3. The minimum atomic E-state index is -0.457. The van der Waals surface area contributed by atoms with E-state index in [1.54, 1.807) is 0 Å². The van der Waals surface area contributed by atoms with Crippen LogP contribution in [0.25, 0.3) is 0 Å². The van der Waals surface area contributed by atoms with Gasteiger partial charge in [0.2, 0.25) is 0 Å². The third-order valence-electron chi connectivity index (χ3n) is 2.87. The second-order valence-electron chi connectivity index (χ2n) is 5.01. The molecule has 0 fully saturated rings. The van der Waals surface area contributed by atoms with Gasteiger partial charge in [0.05, 0.1) is 6.54 Å². The van der Waals surface area contributed by atoms with Gasteiger partial charge in [-0.25, -0.2) is 9.59 Å². The van der Waals surface area contributed by atoms with Crippen molar-refractivity contribution in [2.45, 2.75) is 26.4 Å². The molecule has 3 N–H and O–H groups in total. The molecule has 23 heavy (non-hydrogen) atoms. The Hall–Kier alpha value is -2.57. The van der Waals surface area contributed by atoms with Gasteiger partial charge >= 0.3 is 12.1 Å². The van der Waals surface area contributed by atoms with Gasteiger partial charge in [-0.2, -0.15) is 0 Å². The SMILES string of the molecule is CC(=O)CNC(=O)NCCCCNC(=O)OCc1ccccc1. The average Bonchev–Trinajstić information content (AvgIpc) is 2.55. The Morgan fingerprint density at radius 3 is 2.26 bits per heavy atom. The van der Waals surface area contributed by atoms with Gasteiger partial charge in [0.15, 0.2) is 0 Å². The van der Waals surface area contributed by atoms with Crippen LogP contribution in [0, 0.1) is 0 Å². The summed E-state index contributed by atoms with van der Waals surface area (Å²) >= 11 is 0. The number of carbonyl (C=O) groups excluding carboxylic acids is 3. The molecule has 0 aromatic heterocycles. The van der Waals surface area contributed by atoms with Crippen molar-refractivity contribution in [3.8, 4) is 0 Å². The van der Waals surface area contributed by atoms with Gasteiger partial charge in [-0.05, 0) is 25.3 Å². The summed E-state index contributed by atoms with van der Waals surface area (Å²) in [5.41, 5.74) is 0.934. The molecule has 0 unspecified atom stereocenters. The van der Waals surface area contributed by atoms with Crippen LogP contribution >= 0.6 is 0 Å². The average molecular weight is 321 g/mol. The summed E-state index contributed by atoms with van der Waals surface area (Å²) < 4.78 is 5.07. The number of hydrogen-bond donors (Lipinski definition) is 3. The van der Waals surface area contributed by atoms with E-state index in [2.05, 4.69) is 16.0 Å². The standard InChI is InChI=1S/C16H23N3O4/c1-13(20)11-19-15(21)17-9-5-6-10-18-16(22)23-12-14-7-3-2-4-8-14/h2-4,7-8H,5-6,9-12H2,1H3,(H,18,22)(H2,17,19,21). The van der Waals surface area contributed by atoms with E-state index in [0.717, 1.165) is 5.56 Å². The lowest BCUT2D eigenvalue weighted by atomic mass is 10.2. The van der Waals surface area contributed by atoms with E-state index in [9.17, 15) is 14.4 Å².